The van der Waals surface area contributed by atoms with Crippen LogP contribution in [0, 0.1) is 11.3 Å². The van der Waals surface area contributed by atoms with Crippen molar-refractivity contribution >= 4 is 23.2 Å². The van der Waals surface area contributed by atoms with Gasteiger partial charge in [-0.05, 0) is 18.2 Å². The minimum absolute atomic E-state index is 0.0522. The molecule has 0 aromatic heterocycles. The number of morpholine rings is 1. The van der Waals surface area contributed by atoms with Crippen LogP contribution in [-0.2, 0) is 9.53 Å². The van der Waals surface area contributed by atoms with Crippen molar-refractivity contribution in [2.75, 3.05) is 38.2 Å². The quantitative estimate of drug-likeness (QED) is 0.861. The Balaban J connectivity index is 1.90. The molecule has 0 saturated carbocycles. The van der Waals surface area contributed by atoms with E-state index in [4.69, 9.17) is 26.7 Å². The summed E-state index contributed by atoms with van der Waals surface area (Å²) in [5, 5.41) is 20.9. The van der Waals surface area contributed by atoms with Crippen LogP contribution in [0.25, 0.3) is 0 Å². The van der Waals surface area contributed by atoms with E-state index < -0.39 is 0 Å². The molecule has 21 heavy (non-hydrogen) atoms. The maximum absolute atomic E-state index is 12.0. The van der Waals surface area contributed by atoms with Crippen LogP contribution >= 0.6 is 11.6 Å². The zero-order valence-electron chi connectivity index (χ0n) is 11.4. The van der Waals surface area contributed by atoms with Gasteiger partial charge in [-0.2, -0.15) is 5.26 Å². The molecule has 1 fully saturated rings. The summed E-state index contributed by atoms with van der Waals surface area (Å²) in [6.07, 6.45) is -0.240. The first-order valence-electron chi connectivity index (χ1n) is 6.56. The maximum Gasteiger partial charge on any atom is 0.238 e. The largest absolute Gasteiger partial charge is 0.394 e. The van der Waals surface area contributed by atoms with Crippen LogP contribution in [0.5, 0.6) is 0 Å². The number of halogens is 1. The van der Waals surface area contributed by atoms with Crippen LogP contribution < -0.4 is 5.32 Å². The van der Waals surface area contributed by atoms with Gasteiger partial charge in [-0.15, -0.1) is 0 Å². The van der Waals surface area contributed by atoms with Gasteiger partial charge in [0.15, 0.2) is 0 Å². The van der Waals surface area contributed by atoms with E-state index in [1.54, 1.807) is 18.2 Å². The number of hydrogen-bond donors (Lipinski definition) is 2. The maximum atomic E-state index is 12.0. The molecule has 0 aliphatic carbocycles. The molecule has 2 rings (SSSR count). The van der Waals surface area contributed by atoms with E-state index in [0.29, 0.717) is 36.0 Å². The van der Waals surface area contributed by atoms with Crippen LogP contribution in [0.15, 0.2) is 18.2 Å². The standard InChI is InChI=1S/C14H16ClN3O3/c15-13-5-11(2-1-10(13)6-16)17-14(20)8-18-3-4-21-12(7-18)9-19/h1-2,5,12,19H,3-4,7-9H2,(H,17,20). The smallest absolute Gasteiger partial charge is 0.238 e. The van der Waals surface area contributed by atoms with Gasteiger partial charge in [0.05, 0.1) is 36.4 Å². The number of anilines is 1. The number of benzene rings is 1. The van der Waals surface area contributed by atoms with E-state index in [9.17, 15) is 4.79 Å². The Kier molecular flexibility index (Phi) is 5.53. The van der Waals surface area contributed by atoms with E-state index in [-0.39, 0.29) is 25.2 Å². The average molecular weight is 310 g/mol. The minimum atomic E-state index is -0.240. The van der Waals surface area contributed by atoms with Crippen molar-refractivity contribution in [3.8, 4) is 6.07 Å². The second-order valence-electron chi connectivity index (χ2n) is 4.77. The highest BCUT2D eigenvalue weighted by Gasteiger charge is 2.21. The third-order valence-corrected chi connectivity index (χ3v) is 3.48. The molecular formula is C14H16ClN3O3. The molecule has 6 nitrogen and oxygen atoms in total. The molecule has 1 aromatic rings. The topological polar surface area (TPSA) is 85.6 Å². The summed E-state index contributed by atoms with van der Waals surface area (Å²) in [6.45, 7) is 1.85. The summed E-state index contributed by atoms with van der Waals surface area (Å²) < 4.78 is 5.33. The lowest BCUT2D eigenvalue weighted by atomic mass is 10.2. The molecule has 1 aliphatic heterocycles. The first kappa shape index (κ1) is 15.7. The summed E-state index contributed by atoms with van der Waals surface area (Å²) in [4.78, 5) is 13.9. The summed E-state index contributed by atoms with van der Waals surface area (Å²) in [5.74, 6) is -0.172. The van der Waals surface area contributed by atoms with Gasteiger partial charge in [-0.3, -0.25) is 9.69 Å². The fourth-order valence-corrected chi connectivity index (χ4v) is 2.34. The molecule has 1 unspecified atom stereocenters. The molecular weight excluding hydrogens is 294 g/mol. The van der Waals surface area contributed by atoms with Crippen LogP contribution in [-0.4, -0.2) is 54.9 Å². The molecule has 1 atom stereocenters. The van der Waals surface area contributed by atoms with Crippen molar-refractivity contribution in [3.63, 3.8) is 0 Å². The molecule has 112 valence electrons. The van der Waals surface area contributed by atoms with Gasteiger partial charge in [0.25, 0.3) is 0 Å². The molecule has 2 N–H and O–H groups in total. The molecule has 1 saturated heterocycles. The highest BCUT2D eigenvalue weighted by molar-refractivity contribution is 6.32. The third kappa shape index (κ3) is 4.41. The number of ether oxygens (including phenoxy) is 1. The lowest BCUT2D eigenvalue weighted by molar-refractivity contribution is -0.120. The number of carbonyl (C=O) groups is 1. The van der Waals surface area contributed by atoms with Crippen LogP contribution in [0.4, 0.5) is 5.69 Å². The Morgan fingerprint density at radius 3 is 3.10 bits per heavy atom. The summed E-state index contributed by atoms with van der Waals surface area (Å²) in [6, 6.07) is 6.71. The van der Waals surface area contributed by atoms with E-state index in [2.05, 4.69) is 5.32 Å². The third-order valence-electron chi connectivity index (χ3n) is 3.17. The van der Waals surface area contributed by atoms with E-state index in [1.165, 1.54) is 0 Å². The lowest BCUT2D eigenvalue weighted by Gasteiger charge is -2.31. The van der Waals surface area contributed by atoms with Crippen LogP contribution in [0.3, 0.4) is 0 Å². The second kappa shape index (κ2) is 7.38. The van der Waals surface area contributed by atoms with Gasteiger partial charge in [0, 0.05) is 18.8 Å². The van der Waals surface area contributed by atoms with Gasteiger partial charge in [0.2, 0.25) is 5.91 Å². The zero-order valence-corrected chi connectivity index (χ0v) is 12.1. The normalized spacial score (nSPS) is 19.0. The van der Waals surface area contributed by atoms with Crippen LogP contribution in [0.2, 0.25) is 5.02 Å². The summed E-state index contributed by atoms with van der Waals surface area (Å²) >= 11 is 5.91. The van der Waals surface area contributed by atoms with Gasteiger partial charge in [-0.1, -0.05) is 11.6 Å². The highest BCUT2D eigenvalue weighted by atomic mass is 35.5. The summed E-state index contributed by atoms with van der Waals surface area (Å²) in [5.41, 5.74) is 0.921. The Hall–Kier alpha value is -1.65. The van der Waals surface area contributed by atoms with Gasteiger partial charge in [-0.25, -0.2) is 0 Å². The SMILES string of the molecule is N#Cc1ccc(NC(=O)CN2CCOC(CO)C2)cc1Cl. The molecule has 1 aromatic carbocycles. The number of nitrogens with zero attached hydrogens (tertiary/aromatic N) is 2. The first-order valence-corrected chi connectivity index (χ1v) is 6.94. The van der Waals surface area contributed by atoms with Gasteiger partial charge in [0.1, 0.15) is 6.07 Å². The lowest BCUT2D eigenvalue weighted by Crippen LogP contribution is -2.46. The van der Waals surface area contributed by atoms with Crippen molar-refractivity contribution in [2.24, 2.45) is 0 Å². The predicted molar refractivity (Wildman–Crippen MR) is 78.1 cm³/mol. The number of hydrogen-bond acceptors (Lipinski definition) is 5. The zero-order chi connectivity index (χ0) is 15.2. The van der Waals surface area contributed by atoms with Crippen LogP contribution in [0.1, 0.15) is 5.56 Å². The molecule has 1 amide bonds. The van der Waals surface area contributed by atoms with Gasteiger partial charge < -0.3 is 15.2 Å². The average Bonchev–Trinajstić information content (AvgIpc) is 2.47. The van der Waals surface area contributed by atoms with E-state index in [1.807, 2.05) is 11.0 Å². The highest BCUT2D eigenvalue weighted by Crippen LogP contribution is 2.20. The first-order chi connectivity index (χ1) is 10.1. The molecule has 0 radical (unpaired) electrons. The Labute approximate surface area is 127 Å². The number of amides is 1. The minimum Gasteiger partial charge on any atom is -0.394 e. The number of rotatable bonds is 4. The number of aliphatic hydroxyl groups excluding tert-OH is 1. The molecule has 0 bridgehead atoms. The van der Waals surface area contributed by atoms with Crippen molar-refractivity contribution in [2.45, 2.75) is 6.10 Å². The fourth-order valence-electron chi connectivity index (χ4n) is 2.12. The van der Waals surface area contributed by atoms with Crippen molar-refractivity contribution in [1.82, 2.24) is 4.90 Å². The Morgan fingerprint density at radius 2 is 2.43 bits per heavy atom. The second-order valence-corrected chi connectivity index (χ2v) is 5.17. The molecule has 0 spiro atoms. The van der Waals surface area contributed by atoms with Crippen molar-refractivity contribution < 1.29 is 14.6 Å². The monoisotopic (exact) mass is 309 g/mol. The molecule has 1 aliphatic rings. The molecule has 1 heterocycles. The Morgan fingerprint density at radius 1 is 1.62 bits per heavy atom. The van der Waals surface area contributed by atoms with Gasteiger partial charge >= 0.3 is 0 Å². The number of nitrogens with one attached hydrogen (secondary N) is 1. The predicted octanol–water partition coefficient (Wildman–Crippen LogP) is 0.843. The van der Waals surface area contributed by atoms with Crippen molar-refractivity contribution in [3.05, 3.63) is 28.8 Å². The van der Waals surface area contributed by atoms with Crippen molar-refractivity contribution in [1.29, 1.82) is 5.26 Å². The number of nitriles is 1. The number of carbonyl (C=O) groups excluding carboxylic acids is 1. The Bertz CT molecular complexity index is 559. The summed E-state index contributed by atoms with van der Waals surface area (Å²) in [7, 11) is 0. The molecule has 7 heteroatoms. The fraction of sp³-hybridized carbons (Fsp3) is 0.429. The number of aliphatic hydroxyl groups is 1. The van der Waals surface area contributed by atoms with E-state index in [0.717, 1.165) is 0 Å². The van der Waals surface area contributed by atoms with E-state index >= 15 is 0 Å².